The second-order valence-electron chi connectivity index (χ2n) is 6.08. The largest absolute Gasteiger partial charge is 0.416 e. The summed E-state index contributed by atoms with van der Waals surface area (Å²) in [5.74, 6) is -0.121. The van der Waals surface area contributed by atoms with Gasteiger partial charge in [-0.1, -0.05) is 24.6 Å². The van der Waals surface area contributed by atoms with Crippen LogP contribution in [0.15, 0.2) is 24.3 Å². The predicted molar refractivity (Wildman–Crippen MR) is 76.4 cm³/mol. The molecule has 0 saturated carbocycles. The van der Waals surface area contributed by atoms with Crippen molar-refractivity contribution < 1.29 is 18.0 Å². The predicted octanol–water partition coefficient (Wildman–Crippen LogP) is 2.82. The lowest BCUT2D eigenvalue weighted by atomic mass is 9.87. The fraction of sp³-hybridized carbons (Fsp3) is 0.562. The molecule has 2 N–H and O–H groups in total. The number of hydrogen-bond donors (Lipinski definition) is 2. The molecule has 0 spiro atoms. The summed E-state index contributed by atoms with van der Waals surface area (Å²) < 4.78 is 38.6. The molecule has 1 aromatic rings. The number of nitrogens with one attached hydrogen (secondary N) is 2. The zero-order chi connectivity index (χ0) is 15.7. The van der Waals surface area contributed by atoms with Gasteiger partial charge in [0, 0.05) is 24.9 Å². The number of carbonyl (C=O) groups is 1. The molecule has 2 fully saturated rings. The first-order chi connectivity index (χ1) is 10.4. The van der Waals surface area contributed by atoms with E-state index in [1.807, 2.05) is 0 Å². The van der Waals surface area contributed by atoms with Crippen molar-refractivity contribution in [2.75, 3.05) is 6.54 Å². The normalized spacial score (nSPS) is 29.4. The number of carbonyl (C=O) groups excluding carboxylic acids is 1. The molecular formula is C16H19F3N2O. The molecule has 1 amide bonds. The van der Waals surface area contributed by atoms with Crippen LogP contribution in [-0.4, -0.2) is 24.5 Å². The fourth-order valence-corrected chi connectivity index (χ4v) is 3.47. The molecule has 120 valence electrons. The van der Waals surface area contributed by atoms with Gasteiger partial charge in [0.15, 0.2) is 0 Å². The standard InChI is InChI=1S/C16H19F3N2O/c17-16(18,19)11-5-3-4-10(8-11)12-9-20-13-6-1-2-7-14(22)21-15(12)13/h3-5,8,12-13,15,20H,1-2,6-7,9H2,(H,21,22)/t12-,13+,15-/m0/s1. The van der Waals surface area contributed by atoms with Crippen molar-refractivity contribution >= 4 is 5.91 Å². The van der Waals surface area contributed by atoms with E-state index in [2.05, 4.69) is 10.6 Å². The van der Waals surface area contributed by atoms with Crippen molar-refractivity contribution in [3.8, 4) is 0 Å². The van der Waals surface area contributed by atoms with Crippen molar-refractivity contribution in [1.29, 1.82) is 0 Å². The van der Waals surface area contributed by atoms with Gasteiger partial charge in [-0.25, -0.2) is 0 Å². The molecule has 0 aliphatic carbocycles. The Morgan fingerprint density at radius 2 is 2.00 bits per heavy atom. The summed E-state index contributed by atoms with van der Waals surface area (Å²) in [5.41, 5.74) is 0.00122. The summed E-state index contributed by atoms with van der Waals surface area (Å²) in [6.07, 6.45) is -1.06. The van der Waals surface area contributed by atoms with Crippen LogP contribution in [0.25, 0.3) is 0 Å². The van der Waals surface area contributed by atoms with E-state index in [-0.39, 0.29) is 23.9 Å². The van der Waals surface area contributed by atoms with Gasteiger partial charge in [-0.05, 0) is 24.5 Å². The molecule has 2 aliphatic rings. The maximum Gasteiger partial charge on any atom is 0.416 e. The Balaban J connectivity index is 1.86. The Morgan fingerprint density at radius 1 is 1.18 bits per heavy atom. The minimum absolute atomic E-state index is 0.00428. The van der Waals surface area contributed by atoms with Crippen LogP contribution in [0.4, 0.5) is 13.2 Å². The number of fused-ring (bicyclic) bond motifs is 1. The van der Waals surface area contributed by atoms with Gasteiger partial charge >= 0.3 is 6.18 Å². The Morgan fingerprint density at radius 3 is 2.77 bits per heavy atom. The molecule has 0 unspecified atom stereocenters. The minimum Gasteiger partial charge on any atom is -0.351 e. The van der Waals surface area contributed by atoms with Gasteiger partial charge in [-0.15, -0.1) is 0 Å². The zero-order valence-corrected chi connectivity index (χ0v) is 12.1. The van der Waals surface area contributed by atoms with Crippen molar-refractivity contribution in [2.24, 2.45) is 0 Å². The molecular weight excluding hydrogens is 293 g/mol. The van der Waals surface area contributed by atoms with Crippen LogP contribution < -0.4 is 10.6 Å². The molecule has 2 saturated heterocycles. The molecule has 0 radical (unpaired) electrons. The van der Waals surface area contributed by atoms with E-state index in [4.69, 9.17) is 0 Å². The number of rotatable bonds is 1. The zero-order valence-electron chi connectivity index (χ0n) is 12.1. The van der Waals surface area contributed by atoms with E-state index >= 15 is 0 Å². The minimum atomic E-state index is -4.34. The Bertz CT molecular complexity index is 559. The average molecular weight is 312 g/mol. The van der Waals surface area contributed by atoms with E-state index in [9.17, 15) is 18.0 Å². The van der Waals surface area contributed by atoms with Gasteiger partial charge < -0.3 is 10.6 Å². The van der Waals surface area contributed by atoms with Gasteiger partial charge in [0.25, 0.3) is 0 Å². The second-order valence-corrected chi connectivity index (χ2v) is 6.08. The molecule has 3 nitrogen and oxygen atoms in total. The fourth-order valence-electron chi connectivity index (χ4n) is 3.47. The summed E-state index contributed by atoms with van der Waals surface area (Å²) in [7, 11) is 0. The Hall–Kier alpha value is -1.56. The molecule has 3 atom stereocenters. The van der Waals surface area contributed by atoms with Crippen LogP contribution in [0.1, 0.15) is 42.7 Å². The summed E-state index contributed by atoms with van der Waals surface area (Å²) in [4.78, 5) is 11.9. The first kappa shape index (κ1) is 15.3. The Labute approximate surface area is 127 Å². The molecule has 3 rings (SSSR count). The third-order valence-electron chi connectivity index (χ3n) is 4.61. The van der Waals surface area contributed by atoms with E-state index < -0.39 is 11.7 Å². The van der Waals surface area contributed by atoms with Crippen molar-refractivity contribution in [1.82, 2.24) is 10.6 Å². The maximum atomic E-state index is 12.9. The topological polar surface area (TPSA) is 41.1 Å². The maximum absolute atomic E-state index is 12.9. The van der Waals surface area contributed by atoms with Gasteiger partial charge in [0.2, 0.25) is 5.91 Å². The number of alkyl halides is 3. The molecule has 1 aromatic carbocycles. The highest BCUT2D eigenvalue weighted by atomic mass is 19.4. The van der Waals surface area contributed by atoms with Crippen LogP contribution in [0.2, 0.25) is 0 Å². The highest BCUT2D eigenvalue weighted by Crippen LogP contribution is 2.34. The van der Waals surface area contributed by atoms with Crippen LogP contribution in [-0.2, 0) is 11.0 Å². The SMILES string of the molecule is O=C1CCCC[C@H]2NC[C@@H](c3cccc(C(F)(F)F)c3)[C@@H]2N1. The van der Waals surface area contributed by atoms with Gasteiger partial charge in [0.1, 0.15) is 0 Å². The first-order valence-electron chi connectivity index (χ1n) is 7.65. The van der Waals surface area contributed by atoms with E-state index in [1.165, 1.54) is 12.1 Å². The third kappa shape index (κ3) is 3.11. The summed E-state index contributed by atoms with van der Waals surface area (Å²) in [6, 6.07) is 5.46. The molecule has 0 aromatic heterocycles. The number of hydrogen-bond acceptors (Lipinski definition) is 2. The lowest BCUT2D eigenvalue weighted by Gasteiger charge is -2.28. The molecule has 6 heteroatoms. The monoisotopic (exact) mass is 312 g/mol. The molecule has 22 heavy (non-hydrogen) atoms. The van der Waals surface area contributed by atoms with Crippen molar-refractivity contribution in [2.45, 2.75) is 49.9 Å². The highest BCUT2D eigenvalue weighted by Gasteiger charge is 2.39. The van der Waals surface area contributed by atoms with E-state index in [0.29, 0.717) is 18.5 Å². The summed E-state index contributed by atoms with van der Waals surface area (Å²) in [6.45, 7) is 0.594. The van der Waals surface area contributed by atoms with Gasteiger partial charge in [-0.3, -0.25) is 4.79 Å². The number of amides is 1. The van der Waals surface area contributed by atoms with Gasteiger partial charge in [-0.2, -0.15) is 13.2 Å². The van der Waals surface area contributed by atoms with Crippen LogP contribution in [0.3, 0.4) is 0 Å². The van der Waals surface area contributed by atoms with Crippen molar-refractivity contribution in [3.05, 3.63) is 35.4 Å². The molecule has 0 bridgehead atoms. The number of benzene rings is 1. The smallest absolute Gasteiger partial charge is 0.351 e. The highest BCUT2D eigenvalue weighted by molar-refractivity contribution is 5.76. The van der Waals surface area contributed by atoms with Crippen LogP contribution in [0.5, 0.6) is 0 Å². The van der Waals surface area contributed by atoms with Crippen LogP contribution in [0, 0.1) is 0 Å². The quantitative estimate of drug-likeness (QED) is 0.837. The number of halogens is 3. The van der Waals surface area contributed by atoms with E-state index in [1.54, 1.807) is 6.07 Å². The van der Waals surface area contributed by atoms with Crippen molar-refractivity contribution in [3.63, 3.8) is 0 Å². The first-order valence-corrected chi connectivity index (χ1v) is 7.65. The second kappa shape index (κ2) is 5.91. The molecule has 2 heterocycles. The van der Waals surface area contributed by atoms with Gasteiger partial charge in [0.05, 0.1) is 11.6 Å². The summed E-state index contributed by atoms with van der Waals surface area (Å²) >= 11 is 0. The average Bonchev–Trinajstić information content (AvgIpc) is 2.83. The lowest BCUT2D eigenvalue weighted by molar-refractivity contribution is -0.137. The molecule has 2 aliphatic heterocycles. The van der Waals surface area contributed by atoms with Crippen LogP contribution >= 0.6 is 0 Å². The third-order valence-corrected chi connectivity index (χ3v) is 4.61. The Kier molecular flexibility index (Phi) is 4.12. The van der Waals surface area contributed by atoms with E-state index in [0.717, 1.165) is 25.3 Å². The summed E-state index contributed by atoms with van der Waals surface area (Å²) in [5, 5.41) is 6.36. The lowest BCUT2D eigenvalue weighted by Crippen LogP contribution is -2.46.